The predicted octanol–water partition coefficient (Wildman–Crippen LogP) is 3.72. The van der Waals surface area contributed by atoms with E-state index in [1.807, 2.05) is 42.5 Å². The second kappa shape index (κ2) is 8.77. The van der Waals surface area contributed by atoms with Crippen LogP contribution in [0.2, 0.25) is 0 Å². The molecule has 1 aromatic heterocycles. The minimum Gasteiger partial charge on any atom is -0.375 e. The van der Waals surface area contributed by atoms with Crippen LogP contribution in [-0.2, 0) is 0 Å². The number of anilines is 1. The zero-order chi connectivity index (χ0) is 14.8. The summed E-state index contributed by atoms with van der Waals surface area (Å²) in [7, 11) is 1.72. The average molecular weight is 286 g/mol. The van der Waals surface area contributed by atoms with Crippen molar-refractivity contribution in [2.24, 2.45) is 4.99 Å². The Labute approximate surface area is 122 Å². The fourth-order valence-corrected chi connectivity index (χ4v) is 2.02. The first-order valence-corrected chi connectivity index (χ1v) is 6.87. The number of thiazole rings is 1. The van der Waals surface area contributed by atoms with Gasteiger partial charge in [-0.05, 0) is 31.2 Å². The van der Waals surface area contributed by atoms with Crippen LogP contribution in [0.15, 0.2) is 53.6 Å². The monoisotopic (exact) mass is 286 g/mol. The molecule has 0 amide bonds. The molecule has 4 nitrogen and oxygen atoms in total. The Balaban J connectivity index is 0.000000200. The van der Waals surface area contributed by atoms with Gasteiger partial charge in [0, 0.05) is 19.0 Å². The fourth-order valence-electron chi connectivity index (χ4n) is 1.29. The van der Waals surface area contributed by atoms with E-state index in [0.717, 1.165) is 10.2 Å². The maximum Gasteiger partial charge on any atom is 0.181 e. The molecule has 0 bridgehead atoms. The van der Waals surface area contributed by atoms with Gasteiger partial charge in [0.25, 0.3) is 0 Å². The van der Waals surface area contributed by atoms with Crippen molar-refractivity contribution in [3.05, 3.63) is 48.6 Å². The van der Waals surface area contributed by atoms with Gasteiger partial charge in [0.15, 0.2) is 5.13 Å². The first-order chi connectivity index (χ1) is 9.63. The third-order valence-corrected chi connectivity index (χ3v) is 2.98. The molecule has 0 aliphatic rings. The number of nitrogens with two attached hydrogens (primary N) is 1. The topological polar surface area (TPSA) is 75.1 Å². The molecule has 0 fully saturated rings. The van der Waals surface area contributed by atoms with Crippen LogP contribution in [0, 0.1) is 5.41 Å². The molecule has 1 aromatic carbocycles. The Bertz CT molecular complexity index is 605. The Hall–Kier alpha value is -2.27. The van der Waals surface area contributed by atoms with E-state index in [4.69, 9.17) is 11.1 Å². The number of aliphatic imine (C=N–C) groups is 1. The summed E-state index contributed by atoms with van der Waals surface area (Å²) < 4.78 is 1.15. The van der Waals surface area contributed by atoms with Gasteiger partial charge in [-0.1, -0.05) is 35.6 Å². The number of aromatic nitrogens is 1. The molecule has 0 aliphatic carbocycles. The summed E-state index contributed by atoms with van der Waals surface area (Å²) in [5, 5.41) is 7.66. The molecular weight excluding hydrogens is 268 g/mol. The summed E-state index contributed by atoms with van der Waals surface area (Å²) in [4.78, 5) is 7.86. The van der Waals surface area contributed by atoms with E-state index in [1.54, 1.807) is 26.3 Å². The standard InChI is InChI=1S/C8H12N2.C7H6N2S/c1-8(9)6-4-3-5-7-10-2;8-7-9-5-3-1-2-4-6(5)10-7/h3-7,9H,1-2H3;1-4H,(H2,8,9)/b5-3-,6-4+,9-8?,10-7?;. The van der Waals surface area contributed by atoms with Gasteiger partial charge >= 0.3 is 0 Å². The quantitative estimate of drug-likeness (QED) is 0.666. The first-order valence-electron chi connectivity index (χ1n) is 6.05. The van der Waals surface area contributed by atoms with Crippen LogP contribution in [-0.4, -0.2) is 24.0 Å². The highest BCUT2D eigenvalue weighted by Gasteiger charge is 1.96. The molecule has 0 unspecified atom stereocenters. The number of hydrogen-bond donors (Lipinski definition) is 2. The van der Waals surface area contributed by atoms with Gasteiger partial charge < -0.3 is 11.1 Å². The molecule has 104 valence electrons. The Kier molecular flexibility index (Phi) is 6.92. The summed E-state index contributed by atoms with van der Waals surface area (Å²) in [6.45, 7) is 1.73. The highest BCUT2D eigenvalue weighted by Crippen LogP contribution is 2.22. The van der Waals surface area contributed by atoms with Crippen molar-refractivity contribution < 1.29 is 0 Å². The van der Waals surface area contributed by atoms with Crippen molar-refractivity contribution in [2.75, 3.05) is 12.8 Å². The zero-order valence-corrected chi connectivity index (χ0v) is 12.4. The van der Waals surface area contributed by atoms with Crippen molar-refractivity contribution in [1.82, 2.24) is 4.98 Å². The van der Waals surface area contributed by atoms with Gasteiger partial charge in [0.2, 0.25) is 0 Å². The number of benzene rings is 1. The summed E-state index contributed by atoms with van der Waals surface area (Å²) in [6, 6.07) is 7.92. The Morgan fingerprint density at radius 3 is 2.70 bits per heavy atom. The average Bonchev–Trinajstić information content (AvgIpc) is 2.79. The fraction of sp³-hybridized carbons (Fsp3) is 0.133. The summed E-state index contributed by atoms with van der Waals surface area (Å²) in [5.74, 6) is 0. The predicted molar refractivity (Wildman–Crippen MR) is 90.1 cm³/mol. The molecule has 0 saturated heterocycles. The molecule has 1 heterocycles. The van der Waals surface area contributed by atoms with Gasteiger partial charge in [-0.25, -0.2) is 4.98 Å². The third-order valence-electron chi connectivity index (χ3n) is 2.11. The van der Waals surface area contributed by atoms with E-state index in [1.165, 1.54) is 11.3 Å². The van der Waals surface area contributed by atoms with Gasteiger partial charge in [-0.15, -0.1) is 0 Å². The minimum atomic E-state index is 0.554. The molecule has 0 aliphatic heterocycles. The lowest BCUT2D eigenvalue weighted by Crippen LogP contribution is -1.78. The van der Waals surface area contributed by atoms with Gasteiger partial charge in [0.05, 0.1) is 10.2 Å². The van der Waals surface area contributed by atoms with Crippen LogP contribution in [0.3, 0.4) is 0 Å². The Morgan fingerprint density at radius 2 is 2.05 bits per heavy atom. The zero-order valence-electron chi connectivity index (χ0n) is 11.6. The molecule has 0 spiro atoms. The molecule has 3 N–H and O–H groups in total. The molecule has 20 heavy (non-hydrogen) atoms. The molecule has 0 atom stereocenters. The van der Waals surface area contributed by atoms with Crippen LogP contribution >= 0.6 is 11.3 Å². The molecule has 5 heteroatoms. The van der Waals surface area contributed by atoms with Gasteiger partial charge in [-0.3, -0.25) is 4.99 Å². The summed E-state index contributed by atoms with van der Waals surface area (Å²) in [5.41, 5.74) is 7.04. The van der Waals surface area contributed by atoms with Crippen molar-refractivity contribution in [3.8, 4) is 0 Å². The number of fused-ring (bicyclic) bond motifs is 1. The van der Waals surface area contributed by atoms with E-state index in [9.17, 15) is 0 Å². The van der Waals surface area contributed by atoms with E-state index >= 15 is 0 Å². The van der Waals surface area contributed by atoms with Crippen molar-refractivity contribution >= 4 is 38.6 Å². The number of nitrogen functional groups attached to an aromatic ring is 1. The lowest BCUT2D eigenvalue weighted by molar-refractivity contribution is 1.48. The Morgan fingerprint density at radius 1 is 1.30 bits per heavy atom. The first kappa shape index (κ1) is 15.8. The van der Waals surface area contributed by atoms with Crippen molar-refractivity contribution in [3.63, 3.8) is 0 Å². The van der Waals surface area contributed by atoms with Gasteiger partial charge in [-0.2, -0.15) is 0 Å². The number of rotatable bonds is 3. The van der Waals surface area contributed by atoms with Crippen molar-refractivity contribution in [2.45, 2.75) is 6.92 Å². The number of allylic oxidation sites excluding steroid dienone is 4. The SMILES string of the molecule is CN=C/C=C\C=C\C(C)=N.Nc1nc2ccccc2s1. The molecule has 0 saturated carbocycles. The lowest BCUT2D eigenvalue weighted by Gasteiger charge is -1.80. The highest BCUT2D eigenvalue weighted by molar-refractivity contribution is 7.22. The number of nitrogens with zero attached hydrogens (tertiary/aromatic N) is 2. The summed E-state index contributed by atoms with van der Waals surface area (Å²) >= 11 is 1.52. The van der Waals surface area contributed by atoms with Crippen molar-refractivity contribution in [1.29, 1.82) is 5.41 Å². The van der Waals surface area contributed by atoms with Crippen LogP contribution in [0.5, 0.6) is 0 Å². The molecule has 2 aromatic rings. The second-order valence-electron chi connectivity index (χ2n) is 3.85. The molecular formula is C15H18N4S. The van der Waals surface area contributed by atoms with E-state index in [-0.39, 0.29) is 0 Å². The molecule has 0 radical (unpaired) electrons. The van der Waals surface area contributed by atoms with Crippen LogP contribution in [0.25, 0.3) is 10.2 Å². The van der Waals surface area contributed by atoms with E-state index in [0.29, 0.717) is 10.8 Å². The maximum atomic E-state index is 7.02. The normalized spacial score (nSPS) is 11.3. The van der Waals surface area contributed by atoms with Gasteiger partial charge in [0.1, 0.15) is 0 Å². The minimum absolute atomic E-state index is 0.554. The van der Waals surface area contributed by atoms with E-state index in [2.05, 4.69) is 9.98 Å². The smallest absolute Gasteiger partial charge is 0.181 e. The van der Waals surface area contributed by atoms with Crippen LogP contribution in [0.4, 0.5) is 5.13 Å². The van der Waals surface area contributed by atoms with Crippen LogP contribution < -0.4 is 5.73 Å². The largest absolute Gasteiger partial charge is 0.375 e. The van der Waals surface area contributed by atoms with Crippen LogP contribution in [0.1, 0.15) is 6.92 Å². The van der Waals surface area contributed by atoms with E-state index < -0.39 is 0 Å². The maximum absolute atomic E-state index is 7.02. The number of para-hydroxylation sites is 1. The third kappa shape index (κ3) is 6.06. The second-order valence-corrected chi connectivity index (χ2v) is 4.92. The summed E-state index contributed by atoms with van der Waals surface area (Å²) in [6.07, 6.45) is 8.89. The number of nitrogens with one attached hydrogen (secondary N) is 1. The number of hydrogen-bond acceptors (Lipinski definition) is 5. The lowest BCUT2D eigenvalue weighted by atomic mass is 10.3. The molecule has 2 rings (SSSR count). The highest BCUT2D eigenvalue weighted by atomic mass is 32.1.